The molecule has 25 heavy (non-hydrogen) atoms. The minimum absolute atomic E-state index is 0.0171. The van der Waals surface area contributed by atoms with E-state index in [-0.39, 0.29) is 18.1 Å². The molecule has 2 aromatic rings. The standard InChI is InChI=1S/C19H24N2O4/c1-3-5-18-17(7-9-24-18)19(22)21-12-16(23-2)10-14(21)13-25-15-6-4-8-20-11-15/h4,6-9,11,14,16H,3,5,10,12-13H2,1-2H3/t14-,16+/m0/s1. The van der Waals surface area contributed by atoms with Crippen LogP contribution in [0.25, 0.3) is 0 Å². The van der Waals surface area contributed by atoms with Crippen LogP contribution in [0.5, 0.6) is 5.75 Å². The lowest BCUT2D eigenvalue weighted by atomic mass is 10.1. The van der Waals surface area contributed by atoms with Gasteiger partial charge in [0.05, 0.1) is 30.2 Å². The molecule has 1 fully saturated rings. The van der Waals surface area contributed by atoms with Gasteiger partial charge in [0.2, 0.25) is 0 Å². The number of carbonyl (C=O) groups excluding carboxylic acids is 1. The van der Waals surface area contributed by atoms with Crippen LogP contribution in [0.4, 0.5) is 0 Å². The third kappa shape index (κ3) is 4.02. The van der Waals surface area contributed by atoms with Crippen molar-refractivity contribution in [3.63, 3.8) is 0 Å². The zero-order valence-electron chi connectivity index (χ0n) is 14.7. The van der Waals surface area contributed by atoms with E-state index in [1.165, 1.54) is 0 Å². The van der Waals surface area contributed by atoms with Crippen molar-refractivity contribution >= 4 is 5.91 Å². The molecule has 1 aliphatic rings. The maximum absolute atomic E-state index is 13.0. The maximum atomic E-state index is 13.0. The Labute approximate surface area is 147 Å². The van der Waals surface area contributed by atoms with Crippen LogP contribution in [0, 0.1) is 0 Å². The van der Waals surface area contributed by atoms with E-state index >= 15 is 0 Å². The summed E-state index contributed by atoms with van der Waals surface area (Å²) in [6.45, 7) is 3.05. The smallest absolute Gasteiger partial charge is 0.257 e. The minimum Gasteiger partial charge on any atom is -0.490 e. The first kappa shape index (κ1) is 17.5. The summed E-state index contributed by atoms with van der Waals surface area (Å²) < 4.78 is 16.8. The van der Waals surface area contributed by atoms with Crippen molar-refractivity contribution in [2.24, 2.45) is 0 Å². The predicted molar refractivity (Wildman–Crippen MR) is 92.7 cm³/mol. The highest BCUT2D eigenvalue weighted by Gasteiger charge is 2.37. The summed E-state index contributed by atoms with van der Waals surface area (Å²) in [7, 11) is 1.68. The van der Waals surface area contributed by atoms with E-state index in [4.69, 9.17) is 13.9 Å². The lowest BCUT2D eigenvalue weighted by Gasteiger charge is -2.24. The van der Waals surface area contributed by atoms with E-state index in [2.05, 4.69) is 11.9 Å². The Bertz CT molecular complexity index is 686. The van der Waals surface area contributed by atoms with E-state index < -0.39 is 0 Å². The van der Waals surface area contributed by atoms with E-state index in [1.54, 1.807) is 31.8 Å². The van der Waals surface area contributed by atoms with Crippen LogP contribution in [0.3, 0.4) is 0 Å². The molecule has 0 aliphatic carbocycles. The van der Waals surface area contributed by atoms with Gasteiger partial charge in [-0.25, -0.2) is 0 Å². The second-order valence-corrected chi connectivity index (χ2v) is 6.21. The topological polar surface area (TPSA) is 64.8 Å². The van der Waals surface area contributed by atoms with Gasteiger partial charge in [-0.05, 0) is 31.0 Å². The molecule has 2 aromatic heterocycles. The minimum atomic E-state index is -0.0398. The van der Waals surface area contributed by atoms with Gasteiger partial charge in [-0.2, -0.15) is 0 Å². The number of likely N-dealkylation sites (tertiary alicyclic amines) is 1. The number of furan rings is 1. The third-order valence-electron chi connectivity index (χ3n) is 4.50. The van der Waals surface area contributed by atoms with Crippen LogP contribution in [-0.4, -0.2) is 48.2 Å². The number of aromatic nitrogens is 1. The predicted octanol–water partition coefficient (Wildman–Crippen LogP) is 2.94. The molecule has 1 saturated heterocycles. The van der Waals surface area contributed by atoms with Crippen LogP contribution >= 0.6 is 0 Å². The Kier molecular flexibility index (Phi) is 5.71. The largest absolute Gasteiger partial charge is 0.490 e. The van der Waals surface area contributed by atoms with Gasteiger partial charge in [-0.1, -0.05) is 6.92 Å². The molecule has 2 atom stereocenters. The average molecular weight is 344 g/mol. The molecule has 6 heteroatoms. The van der Waals surface area contributed by atoms with E-state index in [0.717, 1.165) is 25.0 Å². The first-order valence-corrected chi connectivity index (χ1v) is 8.65. The van der Waals surface area contributed by atoms with Gasteiger partial charge in [0.25, 0.3) is 5.91 Å². The number of carbonyl (C=O) groups is 1. The number of hydrogen-bond donors (Lipinski definition) is 0. The Hall–Kier alpha value is -2.34. The fourth-order valence-electron chi connectivity index (χ4n) is 3.18. The lowest BCUT2D eigenvalue weighted by molar-refractivity contribution is 0.0655. The quantitative estimate of drug-likeness (QED) is 0.773. The van der Waals surface area contributed by atoms with Crippen LogP contribution in [0.1, 0.15) is 35.9 Å². The summed E-state index contributed by atoms with van der Waals surface area (Å²) >= 11 is 0. The van der Waals surface area contributed by atoms with E-state index in [0.29, 0.717) is 24.5 Å². The van der Waals surface area contributed by atoms with Crippen molar-refractivity contribution in [1.82, 2.24) is 9.88 Å². The highest BCUT2D eigenvalue weighted by molar-refractivity contribution is 5.95. The number of pyridine rings is 1. The first-order valence-electron chi connectivity index (χ1n) is 8.65. The van der Waals surface area contributed by atoms with Crippen LogP contribution in [-0.2, 0) is 11.2 Å². The van der Waals surface area contributed by atoms with E-state index in [1.807, 2.05) is 17.0 Å². The second-order valence-electron chi connectivity index (χ2n) is 6.21. The number of methoxy groups -OCH3 is 1. The molecule has 6 nitrogen and oxygen atoms in total. The molecular formula is C19H24N2O4. The van der Waals surface area contributed by atoms with Gasteiger partial charge in [0.15, 0.2) is 0 Å². The summed E-state index contributed by atoms with van der Waals surface area (Å²) in [6, 6.07) is 5.40. The maximum Gasteiger partial charge on any atom is 0.257 e. The Morgan fingerprint density at radius 1 is 1.44 bits per heavy atom. The first-order chi connectivity index (χ1) is 12.2. The highest BCUT2D eigenvalue weighted by Crippen LogP contribution is 2.25. The summed E-state index contributed by atoms with van der Waals surface area (Å²) in [6.07, 6.45) is 7.42. The number of ether oxygens (including phenoxy) is 2. The molecular weight excluding hydrogens is 320 g/mol. The SMILES string of the molecule is CCCc1occc1C(=O)N1C[C@H](OC)C[C@H]1COc1cccnc1. The normalized spacial score (nSPS) is 20.0. The highest BCUT2D eigenvalue weighted by atomic mass is 16.5. The summed E-state index contributed by atoms with van der Waals surface area (Å²) in [5, 5.41) is 0. The zero-order valence-corrected chi connectivity index (χ0v) is 14.7. The summed E-state index contributed by atoms with van der Waals surface area (Å²) in [4.78, 5) is 18.9. The molecule has 0 spiro atoms. The number of hydrogen-bond acceptors (Lipinski definition) is 5. The van der Waals surface area contributed by atoms with Crippen molar-refractivity contribution in [3.8, 4) is 5.75 Å². The number of rotatable bonds is 7. The van der Waals surface area contributed by atoms with Crippen molar-refractivity contribution in [2.75, 3.05) is 20.3 Å². The molecule has 3 rings (SSSR count). The van der Waals surface area contributed by atoms with Gasteiger partial charge >= 0.3 is 0 Å². The monoisotopic (exact) mass is 344 g/mol. The number of nitrogens with zero attached hydrogens (tertiary/aromatic N) is 2. The van der Waals surface area contributed by atoms with Crippen LogP contribution in [0.15, 0.2) is 41.3 Å². The molecule has 3 heterocycles. The fourth-order valence-corrected chi connectivity index (χ4v) is 3.18. The number of aryl methyl sites for hydroxylation is 1. The summed E-state index contributed by atoms with van der Waals surface area (Å²) in [5.74, 6) is 1.43. The molecule has 0 aromatic carbocycles. The lowest BCUT2D eigenvalue weighted by Crippen LogP contribution is -2.39. The van der Waals surface area contributed by atoms with Crippen LogP contribution in [0.2, 0.25) is 0 Å². The third-order valence-corrected chi connectivity index (χ3v) is 4.50. The van der Waals surface area contributed by atoms with Crippen molar-refractivity contribution in [1.29, 1.82) is 0 Å². The Balaban J connectivity index is 1.72. The average Bonchev–Trinajstić information content (AvgIpc) is 3.27. The van der Waals surface area contributed by atoms with Gasteiger partial charge in [0, 0.05) is 26.3 Å². The second kappa shape index (κ2) is 8.16. The molecule has 0 radical (unpaired) electrons. The van der Waals surface area contributed by atoms with Crippen LogP contribution < -0.4 is 4.74 Å². The Morgan fingerprint density at radius 3 is 3.04 bits per heavy atom. The summed E-state index contributed by atoms with van der Waals surface area (Å²) in [5.41, 5.74) is 0.644. The molecule has 1 amide bonds. The fraction of sp³-hybridized carbons (Fsp3) is 0.474. The molecule has 134 valence electrons. The van der Waals surface area contributed by atoms with Crippen molar-refractivity contribution < 1.29 is 18.7 Å². The molecule has 0 bridgehead atoms. The van der Waals surface area contributed by atoms with E-state index in [9.17, 15) is 4.79 Å². The van der Waals surface area contributed by atoms with Gasteiger partial charge < -0.3 is 18.8 Å². The van der Waals surface area contributed by atoms with Gasteiger partial charge in [0.1, 0.15) is 18.1 Å². The molecule has 0 unspecified atom stereocenters. The van der Waals surface area contributed by atoms with Gasteiger partial charge in [-0.3, -0.25) is 9.78 Å². The van der Waals surface area contributed by atoms with Crippen molar-refractivity contribution in [2.45, 2.75) is 38.3 Å². The molecule has 1 aliphatic heterocycles. The van der Waals surface area contributed by atoms with Gasteiger partial charge in [-0.15, -0.1) is 0 Å². The number of amides is 1. The zero-order chi connectivity index (χ0) is 17.6. The molecule has 0 saturated carbocycles. The Morgan fingerprint density at radius 2 is 2.32 bits per heavy atom. The molecule has 0 N–H and O–H groups in total. The van der Waals surface area contributed by atoms with Crippen molar-refractivity contribution in [3.05, 3.63) is 48.2 Å².